The molecule has 2 amide bonds. The van der Waals surface area contributed by atoms with Crippen LogP contribution < -0.4 is 5.32 Å². The van der Waals surface area contributed by atoms with E-state index in [0.29, 0.717) is 6.54 Å². The summed E-state index contributed by atoms with van der Waals surface area (Å²) in [5.74, 6) is 0. The van der Waals surface area contributed by atoms with Crippen LogP contribution in [0, 0.1) is 0 Å². The highest BCUT2D eigenvalue weighted by Gasteiger charge is 2.32. The highest BCUT2D eigenvalue weighted by Crippen LogP contribution is 2.09. The Hall–Kier alpha value is -0.810. The maximum atomic E-state index is 11.1. The SMILES string of the molecule is CCNC(=O)N1C[C@@H](O)[C@@H](O)C1. The molecule has 0 aromatic heterocycles. The third kappa shape index (κ3) is 1.86. The molecule has 3 N–H and O–H groups in total. The predicted molar refractivity (Wildman–Crippen MR) is 42.7 cm³/mol. The maximum Gasteiger partial charge on any atom is 0.317 e. The Balaban J connectivity index is 2.40. The van der Waals surface area contributed by atoms with Gasteiger partial charge in [0.2, 0.25) is 0 Å². The number of rotatable bonds is 1. The first-order chi connectivity index (χ1) is 5.65. The smallest absolute Gasteiger partial charge is 0.317 e. The number of nitrogens with one attached hydrogen (secondary N) is 1. The Morgan fingerprint density at radius 2 is 2.00 bits per heavy atom. The minimum absolute atomic E-state index is 0.215. The van der Waals surface area contributed by atoms with Crippen molar-refractivity contribution in [3.63, 3.8) is 0 Å². The predicted octanol–water partition coefficient (Wildman–Crippen LogP) is -1.25. The third-order valence-corrected chi connectivity index (χ3v) is 1.87. The molecule has 1 saturated heterocycles. The van der Waals surface area contributed by atoms with Gasteiger partial charge in [-0.15, -0.1) is 0 Å². The van der Waals surface area contributed by atoms with E-state index < -0.39 is 12.2 Å². The fraction of sp³-hybridized carbons (Fsp3) is 0.857. The fourth-order valence-electron chi connectivity index (χ4n) is 1.20. The molecular weight excluding hydrogens is 160 g/mol. The first kappa shape index (κ1) is 9.28. The van der Waals surface area contributed by atoms with E-state index >= 15 is 0 Å². The summed E-state index contributed by atoms with van der Waals surface area (Å²) >= 11 is 0. The van der Waals surface area contributed by atoms with Crippen LogP contribution in [0.1, 0.15) is 6.92 Å². The first-order valence-corrected chi connectivity index (χ1v) is 4.04. The summed E-state index contributed by atoms with van der Waals surface area (Å²) in [5.41, 5.74) is 0. The normalized spacial score (nSPS) is 29.1. The minimum Gasteiger partial charge on any atom is -0.388 e. The standard InChI is InChI=1S/C7H14N2O3/c1-2-8-7(12)9-3-5(10)6(11)4-9/h5-6,10-11H,2-4H2,1H3,(H,8,12)/t5-,6+. The molecule has 5 heteroatoms. The summed E-state index contributed by atoms with van der Waals surface area (Å²) in [6.07, 6.45) is -1.60. The van der Waals surface area contributed by atoms with Crippen molar-refractivity contribution in [3.8, 4) is 0 Å². The molecule has 0 radical (unpaired) electrons. The van der Waals surface area contributed by atoms with Crippen molar-refractivity contribution in [2.24, 2.45) is 0 Å². The van der Waals surface area contributed by atoms with Crippen LogP contribution in [0.2, 0.25) is 0 Å². The van der Waals surface area contributed by atoms with Gasteiger partial charge in [0, 0.05) is 6.54 Å². The molecular formula is C7H14N2O3. The third-order valence-electron chi connectivity index (χ3n) is 1.87. The van der Waals surface area contributed by atoms with Gasteiger partial charge in [-0.25, -0.2) is 4.79 Å². The van der Waals surface area contributed by atoms with Crippen molar-refractivity contribution in [1.29, 1.82) is 0 Å². The van der Waals surface area contributed by atoms with E-state index in [-0.39, 0.29) is 19.1 Å². The number of β-amino-alcohol motifs (C(OH)–C–C–N with tert-alkyl or cyclic N) is 2. The number of carbonyl (C=O) groups is 1. The van der Waals surface area contributed by atoms with Crippen LogP contribution >= 0.6 is 0 Å². The quantitative estimate of drug-likeness (QED) is 0.465. The summed E-state index contributed by atoms with van der Waals surface area (Å²) in [4.78, 5) is 12.5. The molecule has 0 unspecified atom stereocenters. The van der Waals surface area contributed by atoms with E-state index in [1.807, 2.05) is 6.92 Å². The molecule has 1 aliphatic heterocycles. The highest BCUT2D eigenvalue weighted by atomic mass is 16.3. The average molecular weight is 174 g/mol. The minimum atomic E-state index is -0.799. The van der Waals surface area contributed by atoms with Gasteiger partial charge in [0.15, 0.2) is 0 Å². The largest absolute Gasteiger partial charge is 0.388 e. The second-order valence-corrected chi connectivity index (χ2v) is 2.88. The molecule has 0 aromatic rings. The summed E-state index contributed by atoms with van der Waals surface area (Å²) in [6, 6.07) is -0.229. The molecule has 5 nitrogen and oxygen atoms in total. The van der Waals surface area contributed by atoms with E-state index in [2.05, 4.69) is 5.32 Å². The Morgan fingerprint density at radius 1 is 1.50 bits per heavy atom. The van der Waals surface area contributed by atoms with Crippen LogP contribution in [0.15, 0.2) is 0 Å². The van der Waals surface area contributed by atoms with Crippen molar-refractivity contribution >= 4 is 6.03 Å². The van der Waals surface area contributed by atoms with Crippen LogP contribution in [0.3, 0.4) is 0 Å². The van der Waals surface area contributed by atoms with E-state index in [4.69, 9.17) is 10.2 Å². The molecule has 1 rings (SSSR count). The van der Waals surface area contributed by atoms with Gasteiger partial charge in [0.1, 0.15) is 0 Å². The van der Waals surface area contributed by atoms with Crippen LogP contribution in [-0.2, 0) is 0 Å². The van der Waals surface area contributed by atoms with Gasteiger partial charge < -0.3 is 20.4 Å². The van der Waals surface area contributed by atoms with E-state index in [1.165, 1.54) is 4.90 Å². The summed E-state index contributed by atoms with van der Waals surface area (Å²) < 4.78 is 0. The van der Waals surface area contributed by atoms with E-state index in [0.717, 1.165) is 0 Å². The number of hydrogen-bond donors (Lipinski definition) is 3. The molecule has 0 saturated carbocycles. The molecule has 0 aliphatic carbocycles. The molecule has 1 heterocycles. The second-order valence-electron chi connectivity index (χ2n) is 2.88. The molecule has 0 bridgehead atoms. The van der Waals surface area contributed by atoms with Gasteiger partial charge >= 0.3 is 6.03 Å². The molecule has 0 aromatic carbocycles. The average Bonchev–Trinajstić information content (AvgIpc) is 2.33. The summed E-state index contributed by atoms with van der Waals surface area (Å²) in [6.45, 7) is 2.81. The lowest BCUT2D eigenvalue weighted by molar-refractivity contribution is 0.0572. The Bertz CT molecular complexity index is 164. The number of urea groups is 1. The number of nitrogens with zero attached hydrogens (tertiary/aromatic N) is 1. The second kappa shape index (κ2) is 3.73. The van der Waals surface area contributed by atoms with Gasteiger partial charge in [-0.3, -0.25) is 0 Å². The lowest BCUT2D eigenvalue weighted by atomic mass is 10.3. The van der Waals surface area contributed by atoms with E-state index in [9.17, 15) is 4.79 Å². The maximum absolute atomic E-state index is 11.1. The lowest BCUT2D eigenvalue weighted by Crippen LogP contribution is -2.38. The van der Waals surface area contributed by atoms with E-state index in [1.54, 1.807) is 0 Å². The summed E-state index contributed by atoms with van der Waals surface area (Å²) in [5, 5.41) is 20.8. The van der Waals surface area contributed by atoms with Gasteiger partial charge in [-0.05, 0) is 6.92 Å². The van der Waals surface area contributed by atoms with Crippen molar-refractivity contribution < 1.29 is 15.0 Å². The number of carbonyl (C=O) groups excluding carboxylic acids is 1. The van der Waals surface area contributed by atoms with Gasteiger partial charge in [-0.1, -0.05) is 0 Å². The first-order valence-electron chi connectivity index (χ1n) is 4.04. The lowest BCUT2D eigenvalue weighted by Gasteiger charge is -2.14. The van der Waals surface area contributed by atoms with Crippen molar-refractivity contribution in [3.05, 3.63) is 0 Å². The molecule has 70 valence electrons. The number of hydrogen-bond acceptors (Lipinski definition) is 3. The Morgan fingerprint density at radius 3 is 2.42 bits per heavy atom. The van der Waals surface area contributed by atoms with Gasteiger partial charge in [-0.2, -0.15) is 0 Å². The zero-order valence-corrected chi connectivity index (χ0v) is 7.03. The molecule has 0 spiro atoms. The monoisotopic (exact) mass is 174 g/mol. The number of aliphatic hydroxyl groups is 2. The molecule has 2 atom stereocenters. The molecule has 12 heavy (non-hydrogen) atoms. The Labute approximate surface area is 71.0 Å². The summed E-state index contributed by atoms with van der Waals surface area (Å²) in [7, 11) is 0. The van der Waals surface area contributed by atoms with Crippen LogP contribution in [0.25, 0.3) is 0 Å². The highest BCUT2D eigenvalue weighted by molar-refractivity contribution is 5.74. The number of likely N-dealkylation sites (tertiary alicyclic amines) is 1. The van der Waals surface area contributed by atoms with Gasteiger partial charge in [0.25, 0.3) is 0 Å². The van der Waals surface area contributed by atoms with Crippen molar-refractivity contribution in [2.45, 2.75) is 19.1 Å². The van der Waals surface area contributed by atoms with Gasteiger partial charge in [0.05, 0.1) is 25.3 Å². The zero-order chi connectivity index (χ0) is 9.14. The number of amides is 2. The molecule has 1 fully saturated rings. The van der Waals surface area contributed by atoms with Crippen LogP contribution in [-0.4, -0.2) is 53.0 Å². The topological polar surface area (TPSA) is 72.8 Å². The van der Waals surface area contributed by atoms with Crippen LogP contribution in [0.4, 0.5) is 4.79 Å². The van der Waals surface area contributed by atoms with Crippen LogP contribution in [0.5, 0.6) is 0 Å². The van der Waals surface area contributed by atoms with Crippen molar-refractivity contribution in [1.82, 2.24) is 10.2 Å². The fourth-order valence-corrected chi connectivity index (χ4v) is 1.20. The number of aliphatic hydroxyl groups excluding tert-OH is 2. The Kier molecular flexibility index (Phi) is 2.88. The van der Waals surface area contributed by atoms with Crippen molar-refractivity contribution in [2.75, 3.05) is 19.6 Å². The zero-order valence-electron chi connectivity index (χ0n) is 7.03. The molecule has 1 aliphatic rings.